The van der Waals surface area contributed by atoms with E-state index in [-0.39, 0.29) is 24.7 Å². The summed E-state index contributed by atoms with van der Waals surface area (Å²) in [5, 5.41) is 11.7. The van der Waals surface area contributed by atoms with Crippen molar-refractivity contribution in [1.29, 1.82) is 0 Å². The summed E-state index contributed by atoms with van der Waals surface area (Å²) in [5.74, 6) is 5.73. The number of aliphatic hydroxyl groups is 1. The molecule has 1 aliphatic rings. The van der Waals surface area contributed by atoms with Gasteiger partial charge in [-0.25, -0.2) is 0 Å². The lowest BCUT2D eigenvalue weighted by molar-refractivity contribution is 0.0724. The highest BCUT2D eigenvalue weighted by Gasteiger charge is 2.28. The number of rotatable bonds is 4. The van der Waals surface area contributed by atoms with Crippen LogP contribution >= 0.6 is 11.3 Å². The van der Waals surface area contributed by atoms with Gasteiger partial charge in [0.2, 0.25) is 0 Å². The molecule has 0 bridgehead atoms. The summed E-state index contributed by atoms with van der Waals surface area (Å²) >= 11 is 1.38. The zero-order chi connectivity index (χ0) is 14.4. The van der Waals surface area contributed by atoms with Crippen LogP contribution in [0.3, 0.4) is 0 Å². The van der Waals surface area contributed by atoms with E-state index in [2.05, 4.69) is 17.2 Å². The maximum Gasteiger partial charge on any atom is 0.261 e. The minimum absolute atomic E-state index is 0.0563. The molecule has 1 amide bonds. The van der Waals surface area contributed by atoms with Crippen molar-refractivity contribution in [2.24, 2.45) is 0 Å². The molecule has 1 fully saturated rings. The molecule has 108 valence electrons. The highest BCUT2D eigenvalue weighted by atomic mass is 32.1. The molecule has 0 radical (unpaired) electrons. The van der Waals surface area contributed by atoms with Crippen LogP contribution in [0.15, 0.2) is 12.1 Å². The van der Waals surface area contributed by atoms with Crippen molar-refractivity contribution in [1.82, 2.24) is 5.32 Å². The fourth-order valence-corrected chi connectivity index (χ4v) is 3.13. The monoisotopic (exact) mass is 293 g/mol. The van der Waals surface area contributed by atoms with E-state index in [1.165, 1.54) is 11.3 Å². The van der Waals surface area contributed by atoms with E-state index in [1.807, 2.05) is 6.07 Å². The molecule has 2 unspecified atom stereocenters. The van der Waals surface area contributed by atoms with Crippen LogP contribution in [0.4, 0.5) is 0 Å². The van der Waals surface area contributed by atoms with Crippen molar-refractivity contribution in [3.63, 3.8) is 0 Å². The van der Waals surface area contributed by atoms with Crippen LogP contribution in [0.25, 0.3) is 0 Å². The molecule has 1 aliphatic carbocycles. The first kappa shape index (κ1) is 15.0. The largest absolute Gasteiger partial charge is 0.395 e. The zero-order valence-corrected chi connectivity index (χ0v) is 12.3. The van der Waals surface area contributed by atoms with Crippen LogP contribution in [0.1, 0.15) is 40.2 Å². The minimum atomic E-state index is -0.0563. The predicted octanol–water partition coefficient (Wildman–Crippen LogP) is 1.78. The number of nitrogens with one attached hydrogen (secondary N) is 1. The van der Waals surface area contributed by atoms with Crippen molar-refractivity contribution >= 4 is 17.2 Å². The Bertz CT molecular complexity index is 515. The molecule has 2 atom stereocenters. The first-order chi connectivity index (χ1) is 9.74. The third kappa shape index (κ3) is 3.83. The van der Waals surface area contributed by atoms with E-state index in [0.717, 1.165) is 24.1 Å². The predicted molar refractivity (Wildman–Crippen MR) is 78.8 cm³/mol. The molecule has 20 heavy (non-hydrogen) atoms. The Hall–Kier alpha value is -1.35. The van der Waals surface area contributed by atoms with Crippen molar-refractivity contribution in [2.45, 2.75) is 37.8 Å². The van der Waals surface area contributed by atoms with Crippen molar-refractivity contribution in [2.75, 3.05) is 13.7 Å². The first-order valence-corrected chi connectivity index (χ1v) is 7.59. The average Bonchev–Trinajstić information content (AvgIpc) is 3.08. The van der Waals surface area contributed by atoms with E-state index in [4.69, 9.17) is 9.84 Å². The summed E-state index contributed by atoms with van der Waals surface area (Å²) in [5.41, 5.74) is 0. The lowest BCUT2D eigenvalue weighted by atomic mass is 10.2. The van der Waals surface area contributed by atoms with Gasteiger partial charge in [0.1, 0.15) is 0 Å². The Labute approximate surface area is 123 Å². The topological polar surface area (TPSA) is 58.6 Å². The van der Waals surface area contributed by atoms with E-state index >= 15 is 0 Å². The molecule has 1 heterocycles. The lowest BCUT2D eigenvalue weighted by Gasteiger charge is -2.19. The number of methoxy groups -OCH3 is 1. The molecule has 1 saturated carbocycles. The SMILES string of the molecule is COC1CCCC1NC(=O)c1ccc(C#CCCO)s1. The van der Waals surface area contributed by atoms with E-state index in [0.29, 0.717) is 11.3 Å². The van der Waals surface area contributed by atoms with E-state index in [1.54, 1.807) is 13.2 Å². The van der Waals surface area contributed by atoms with Gasteiger partial charge in [0.05, 0.1) is 28.5 Å². The van der Waals surface area contributed by atoms with Crippen LogP contribution in [-0.2, 0) is 4.74 Å². The highest BCUT2D eigenvalue weighted by molar-refractivity contribution is 7.14. The number of carbonyl (C=O) groups excluding carboxylic acids is 1. The molecule has 0 spiro atoms. The molecule has 4 nitrogen and oxygen atoms in total. The summed E-state index contributed by atoms with van der Waals surface area (Å²) in [6.45, 7) is 0.0613. The van der Waals surface area contributed by atoms with Crippen LogP contribution in [-0.4, -0.2) is 36.9 Å². The second-order valence-corrected chi connectivity index (χ2v) is 5.81. The van der Waals surface area contributed by atoms with Gasteiger partial charge in [0.25, 0.3) is 5.91 Å². The summed E-state index contributed by atoms with van der Waals surface area (Å²) in [6, 6.07) is 3.74. The Balaban J connectivity index is 1.94. The average molecular weight is 293 g/mol. The normalized spacial score (nSPS) is 21.3. The zero-order valence-electron chi connectivity index (χ0n) is 11.5. The number of aliphatic hydroxyl groups excluding tert-OH is 1. The number of amides is 1. The molecule has 5 heteroatoms. The number of hydrogen-bond acceptors (Lipinski definition) is 4. The number of ether oxygens (including phenoxy) is 1. The maximum absolute atomic E-state index is 12.2. The smallest absolute Gasteiger partial charge is 0.261 e. The molecule has 0 saturated heterocycles. The molecule has 2 N–H and O–H groups in total. The number of carbonyl (C=O) groups is 1. The molecule has 2 rings (SSSR count). The van der Waals surface area contributed by atoms with E-state index in [9.17, 15) is 4.79 Å². The minimum Gasteiger partial charge on any atom is -0.395 e. The van der Waals surface area contributed by atoms with Crippen molar-refractivity contribution < 1.29 is 14.6 Å². The van der Waals surface area contributed by atoms with Gasteiger partial charge in [-0.15, -0.1) is 11.3 Å². The number of hydrogen-bond donors (Lipinski definition) is 2. The lowest BCUT2D eigenvalue weighted by Crippen LogP contribution is -2.40. The standard InChI is InChI=1S/C15H19NO3S/c1-19-13-7-4-6-12(13)16-15(18)14-9-8-11(20-14)5-2-3-10-17/h8-9,12-13,17H,3-4,6-7,10H2,1H3,(H,16,18). The summed E-state index contributed by atoms with van der Waals surface area (Å²) in [4.78, 5) is 13.7. The van der Waals surface area contributed by atoms with Gasteiger partial charge in [0, 0.05) is 13.5 Å². The van der Waals surface area contributed by atoms with Crippen molar-refractivity contribution in [3.8, 4) is 11.8 Å². The Morgan fingerprint density at radius 2 is 2.40 bits per heavy atom. The van der Waals surface area contributed by atoms with E-state index < -0.39 is 0 Å². The second-order valence-electron chi connectivity index (χ2n) is 4.72. The Kier molecular flexibility index (Phi) is 5.60. The van der Waals surface area contributed by atoms with Gasteiger partial charge in [-0.3, -0.25) is 4.79 Å². The first-order valence-electron chi connectivity index (χ1n) is 6.78. The Morgan fingerprint density at radius 1 is 1.55 bits per heavy atom. The van der Waals surface area contributed by atoms with Gasteiger partial charge >= 0.3 is 0 Å². The van der Waals surface area contributed by atoms with Gasteiger partial charge in [-0.05, 0) is 31.4 Å². The summed E-state index contributed by atoms with van der Waals surface area (Å²) < 4.78 is 5.37. The highest BCUT2D eigenvalue weighted by Crippen LogP contribution is 2.23. The van der Waals surface area contributed by atoms with Crippen LogP contribution in [0.5, 0.6) is 0 Å². The third-order valence-electron chi connectivity index (χ3n) is 3.35. The maximum atomic E-state index is 12.2. The fourth-order valence-electron chi connectivity index (χ4n) is 2.35. The molecular formula is C15H19NO3S. The molecule has 0 aliphatic heterocycles. The molecule has 0 aromatic carbocycles. The quantitative estimate of drug-likeness (QED) is 0.832. The molecule has 1 aromatic rings. The van der Waals surface area contributed by atoms with Crippen LogP contribution in [0.2, 0.25) is 0 Å². The second kappa shape index (κ2) is 7.44. The number of thiophene rings is 1. The van der Waals surface area contributed by atoms with Crippen LogP contribution in [0, 0.1) is 11.8 Å². The summed E-state index contributed by atoms with van der Waals surface area (Å²) in [6.07, 6.45) is 3.65. The van der Waals surface area contributed by atoms with Crippen LogP contribution < -0.4 is 5.32 Å². The van der Waals surface area contributed by atoms with Crippen molar-refractivity contribution in [3.05, 3.63) is 21.9 Å². The summed E-state index contributed by atoms with van der Waals surface area (Å²) in [7, 11) is 1.69. The van der Waals surface area contributed by atoms with Gasteiger partial charge in [-0.1, -0.05) is 11.8 Å². The molecule has 1 aromatic heterocycles. The van der Waals surface area contributed by atoms with Gasteiger partial charge in [-0.2, -0.15) is 0 Å². The third-order valence-corrected chi connectivity index (χ3v) is 4.35. The fraction of sp³-hybridized carbons (Fsp3) is 0.533. The molecular weight excluding hydrogens is 274 g/mol. The van der Waals surface area contributed by atoms with Gasteiger partial charge in [0.15, 0.2) is 0 Å². The Morgan fingerprint density at radius 3 is 3.15 bits per heavy atom. The van der Waals surface area contributed by atoms with Gasteiger partial charge < -0.3 is 15.2 Å².